The molecule has 0 fully saturated rings. The fourth-order valence-electron chi connectivity index (χ4n) is 6.04. The molecule has 50 heavy (non-hydrogen) atoms. The summed E-state index contributed by atoms with van der Waals surface area (Å²) in [6.45, 7) is 9.69. The molecular formula is C38H45N6O5P. The van der Waals surface area contributed by atoms with Crippen molar-refractivity contribution in [2.24, 2.45) is 0 Å². The Balaban J connectivity index is 1.52. The molecule has 0 bridgehead atoms. The molecule has 0 saturated heterocycles. The summed E-state index contributed by atoms with van der Waals surface area (Å²) < 4.78 is 35.0. The van der Waals surface area contributed by atoms with E-state index in [2.05, 4.69) is 60.5 Å². The molecule has 12 heteroatoms. The van der Waals surface area contributed by atoms with Crippen molar-refractivity contribution in [1.29, 1.82) is 5.26 Å². The van der Waals surface area contributed by atoms with Crippen molar-refractivity contribution < 1.29 is 23.3 Å². The number of hydrogen-bond acceptors (Lipinski definition) is 10. The Labute approximate surface area is 295 Å². The monoisotopic (exact) mass is 696 g/mol. The van der Waals surface area contributed by atoms with E-state index in [9.17, 15) is 0 Å². The molecule has 0 aliphatic rings. The van der Waals surface area contributed by atoms with Crippen LogP contribution in [0.2, 0.25) is 0 Å². The molecule has 0 spiro atoms. The molecule has 1 unspecified atom stereocenters. The number of fused-ring (bicyclic) bond motifs is 1. The van der Waals surface area contributed by atoms with Crippen LogP contribution in [0.1, 0.15) is 56.6 Å². The van der Waals surface area contributed by atoms with Gasteiger partial charge in [-0.2, -0.15) is 5.26 Å². The van der Waals surface area contributed by atoms with Crippen molar-refractivity contribution in [2.45, 2.75) is 65.0 Å². The first-order valence-electron chi connectivity index (χ1n) is 16.7. The van der Waals surface area contributed by atoms with Crippen LogP contribution in [-0.4, -0.2) is 63.7 Å². The lowest BCUT2D eigenvalue weighted by Crippen LogP contribution is -2.34. The van der Waals surface area contributed by atoms with Gasteiger partial charge in [-0.1, -0.05) is 54.6 Å². The van der Waals surface area contributed by atoms with Gasteiger partial charge in [-0.05, 0) is 68.7 Å². The normalized spacial score (nSPS) is 12.5. The van der Waals surface area contributed by atoms with Crippen LogP contribution in [0.3, 0.4) is 0 Å². The fraction of sp³-hybridized carbons (Fsp3) is 0.368. The molecule has 0 N–H and O–H groups in total. The molecule has 1 atom stereocenters. The topological polar surface area (TPSA) is 117 Å². The van der Waals surface area contributed by atoms with Crippen LogP contribution in [-0.2, 0) is 32.5 Å². The van der Waals surface area contributed by atoms with E-state index in [1.807, 2.05) is 71.3 Å². The third kappa shape index (κ3) is 8.29. The Morgan fingerprint density at radius 3 is 1.96 bits per heavy atom. The summed E-state index contributed by atoms with van der Waals surface area (Å²) in [7, 11) is 1.90. The first-order chi connectivity index (χ1) is 24.3. The highest BCUT2D eigenvalue weighted by atomic mass is 31.2. The quantitative estimate of drug-likeness (QED) is 0.0514. The van der Waals surface area contributed by atoms with Gasteiger partial charge in [0.15, 0.2) is 5.65 Å². The second kappa shape index (κ2) is 17.5. The Morgan fingerprint density at radius 2 is 1.40 bits per heavy atom. The smallest absolute Gasteiger partial charge is 0.259 e. The Hall–Kier alpha value is -4.43. The molecule has 0 aliphatic heterocycles. The molecule has 2 heterocycles. The van der Waals surface area contributed by atoms with E-state index in [4.69, 9.17) is 33.5 Å². The second-order valence-electron chi connectivity index (χ2n) is 12.1. The SMILES string of the molecule is COc1ccc(C(OCc2nc3cncnc3n2CCOP(OCCC#N)N(C(C)C)C(C)C)(c2ccccc2)c2ccc(OC)cc2)cc1. The first kappa shape index (κ1) is 36.8. The van der Waals surface area contributed by atoms with Gasteiger partial charge in [0.25, 0.3) is 8.53 Å². The third-order valence-corrected chi connectivity index (χ3v) is 10.4. The average Bonchev–Trinajstić information content (AvgIpc) is 3.49. The van der Waals surface area contributed by atoms with Crippen molar-refractivity contribution >= 4 is 19.7 Å². The number of benzene rings is 3. The summed E-state index contributed by atoms with van der Waals surface area (Å²) >= 11 is 0. The van der Waals surface area contributed by atoms with E-state index in [0.717, 1.165) is 28.2 Å². The molecule has 3 aromatic carbocycles. The van der Waals surface area contributed by atoms with Gasteiger partial charge in [-0.15, -0.1) is 0 Å². The molecule has 0 radical (unpaired) electrons. The zero-order valence-electron chi connectivity index (χ0n) is 29.5. The minimum absolute atomic E-state index is 0.140. The van der Waals surface area contributed by atoms with Gasteiger partial charge >= 0.3 is 0 Å². The number of nitrogens with zero attached hydrogens (tertiary/aromatic N) is 6. The highest BCUT2D eigenvalue weighted by molar-refractivity contribution is 7.44. The number of rotatable bonds is 18. The summed E-state index contributed by atoms with van der Waals surface area (Å²) in [5, 5.41) is 9.12. The van der Waals surface area contributed by atoms with Gasteiger partial charge < -0.3 is 27.8 Å². The zero-order valence-corrected chi connectivity index (χ0v) is 30.4. The molecule has 0 saturated carbocycles. The van der Waals surface area contributed by atoms with Gasteiger partial charge in [0, 0.05) is 18.6 Å². The van der Waals surface area contributed by atoms with Crippen molar-refractivity contribution in [3.05, 3.63) is 114 Å². The van der Waals surface area contributed by atoms with Crippen LogP contribution in [0.4, 0.5) is 0 Å². The summed E-state index contributed by atoms with van der Waals surface area (Å²) in [6.07, 6.45) is 3.52. The van der Waals surface area contributed by atoms with Gasteiger partial charge in [0.1, 0.15) is 41.4 Å². The zero-order chi connectivity index (χ0) is 35.5. The fourth-order valence-corrected chi connectivity index (χ4v) is 7.62. The molecule has 0 aliphatic carbocycles. The van der Waals surface area contributed by atoms with E-state index in [1.165, 1.54) is 6.33 Å². The van der Waals surface area contributed by atoms with E-state index in [0.29, 0.717) is 43.2 Å². The van der Waals surface area contributed by atoms with Gasteiger partial charge in [0.2, 0.25) is 0 Å². The van der Waals surface area contributed by atoms with Gasteiger partial charge in [-0.25, -0.2) is 19.6 Å². The van der Waals surface area contributed by atoms with Crippen LogP contribution in [0.25, 0.3) is 11.2 Å². The van der Waals surface area contributed by atoms with Crippen molar-refractivity contribution in [3.63, 3.8) is 0 Å². The number of imidazole rings is 1. The van der Waals surface area contributed by atoms with E-state index >= 15 is 0 Å². The largest absolute Gasteiger partial charge is 0.497 e. The molecule has 5 aromatic rings. The van der Waals surface area contributed by atoms with Crippen LogP contribution in [0, 0.1) is 11.3 Å². The van der Waals surface area contributed by atoms with E-state index in [-0.39, 0.29) is 18.7 Å². The highest BCUT2D eigenvalue weighted by Crippen LogP contribution is 2.46. The first-order valence-corrected chi connectivity index (χ1v) is 17.8. The number of aromatic nitrogens is 4. The summed E-state index contributed by atoms with van der Waals surface area (Å²) in [4.78, 5) is 13.8. The Bertz CT molecular complexity index is 1770. The van der Waals surface area contributed by atoms with Crippen LogP contribution in [0.15, 0.2) is 91.4 Å². The molecule has 2 aromatic heterocycles. The minimum atomic E-state index is -1.41. The number of nitriles is 1. The van der Waals surface area contributed by atoms with Gasteiger partial charge in [-0.3, -0.25) is 0 Å². The molecule has 11 nitrogen and oxygen atoms in total. The maximum absolute atomic E-state index is 9.12. The highest BCUT2D eigenvalue weighted by Gasteiger charge is 2.38. The number of methoxy groups -OCH3 is 2. The maximum Gasteiger partial charge on any atom is 0.259 e. The van der Waals surface area contributed by atoms with E-state index < -0.39 is 14.1 Å². The standard InChI is InChI=1S/C38H45N6O5P/c1-28(2)44(29(3)4)50(48-23-10-21-39)49-24-22-43-36(42-35-25-40-27-41-37(35)43)26-47-38(30-11-8-7-9-12-30,31-13-17-33(45-5)18-14-31)32-15-19-34(46-6)20-16-32/h7-9,11-20,25,27-29H,10,22-24,26H2,1-6H3. The Morgan fingerprint density at radius 1 is 0.820 bits per heavy atom. The number of hydrogen-bond donors (Lipinski definition) is 0. The van der Waals surface area contributed by atoms with Crippen LogP contribution in [0.5, 0.6) is 11.5 Å². The lowest BCUT2D eigenvalue weighted by molar-refractivity contribution is -0.00456. The molecule has 0 amide bonds. The van der Waals surface area contributed by atoms with Gasteiger partial charge in [0.05, 0.1) is 46.1 Å². The predicted octanol–water partition coefficient (Wildman–Crippen LogP) is 7.64. The van der Waals surface area contributed by atoms with Crippen LogP contribution >= 0.6 is 8.53 Å². The lowest BCUT2D eigenvalue weighted by atomic mass is 9.80. The average molecular weight is 697 g/mol. The van der Waals surface area contributed by atoms with Crippen molar-refractivity contribution in [1.82, 2.24) is 24.2 Å². The van der Waals surface area contributed by atoms with E-state index in [1.54, 1.807) is 20.4 Å². The van der Waals surface area contributed by atoms with Crippen molar-refractivity contribution in [2.75, 3.05) is 27.4 Å². The molecule has 262 valence electrons. The number of ether oxygens (including phenoxy) is 3. The summed E-state index contributed by atoms with van der Waals surface area (Å²) in [5.74, 6) is 2.16. The second-order valence-corrected chi connectivity index (χ2v) is 13.5. The summed E-state index contributed by atoms with van der Waals surface area (Å²) in [6, 6.07) is 28.6. The summed E-state index contributed by atoms with van der Waals surface area (Å²) in [5.41, 5.74) is 3.10. The maximum atomic E-state index is 9.12. The lowest BCUT2D eigenvalue weighted by Gasteiger charge is -2.36. The predicted molar refractivity (Wildman–Crippen MR) is 194 cm³/mol. The van der Waals surface area contributed by atoms with Crippen molar-refractivity contribution in [3.8, 4) is 17.6 Å². The van der Waals surface area contributed by atoms with Crippen LogP contribution < -0.4 is 9.47 Å². The Kier molecular flexibility index (Phi) is 12.9. The molecular weight excluding hydrogens is 651 g/mol. The molecule has 5 rings (SSSR count). The third-order valence-electron chi connectivity index (χ3n) is 8.26. The minimum Gasteiger partial charge on any atom is -0.497 e.